The molecule has 3 rings (SSSR count). The van der Waals surface area contributed by atoms with Gasteiger partial charge in [0, 0.05) is 5.56 Å². The molecule has 2 aromatic carbocycles. The highest BCUT2D eigenvalue weighted by Crippen LogP contribution is 2.28. The number of fused-ring (bicyclic) bond motifs is 1. The molecule has 108 valence electrons. The molecule has 0 bridgehead atoms. The summed E-state index contributed by atoms with van der Waals surface area (Å²) in [6, 6.07) is 14.5. The van der Waals surface area contributed by atoms with Crippen LogP contribution in [0.5, 0.6) is 0 Å². The standard InChI is InChI=1S/C18H20N2O/c1-12-8-9-15(13(2)10-12)18-19-16-6-4-5-7-17(16)20(18)11-14(3)21/h4-10,14,21H,11H2,1-3H3. The second-order valence-corrected chi connectivity index (χ2v) is 5.70. The van der Waals surface area contributed by atoms with E-state index in [1.54, 1.807) is 6.92 Å². The molecule has 0 fully saturated rings. The summed E-state index contributed by atoms with van der Waals surface area (Å²) >= 11 is 0. The average molecular weight is 280 g/mol. The largest absolute Gasteiger partial charge is 0.392 e. The molecular formula is C18H20N2O. The maximum Gasteiger partial charge on any atom is 0.141 e. The van der Waals surface area contributed by atoms with E-state index < -0.39 is 6.10 Å². The molecule has 1 heterocycles. The third-order valence-electron chi connectivity index (χ3n) is 3.72. The van der Waals surface area contributed by atoms with Gasteiger partial charge >= 0.3 is 0 Å². The van der Waals surface area contributed by atoms with Gasteiger partial charge in [-0.2, -0.15) is 0 Å². The van der Waals surface area contributed by atoms with Gasteiger partial charge in [-0.1, -0.05) is 35.9 Å². The Morgan fingerprint density at radius 3 is 2.62 bits per heavy atom. The zero-order chi connectivity index (χ0) is 15.0. The van der Waals surface area contributed by atoms with Gasteiger partial charge in [0.15, 0.2) is 0 Å². The fraction of sp³-hybridized carbons (Fsp3) is 0.278. The van der Waals surface area contributed by atoms with E-state index in [1.165, 1.54) is 11.1 Å². The second kappa shape index (κ2) is 5.34. The van der Waals surface area contributed by atoms with Crippen LogP contribution in [0.15, 0.2) is 42.5 Å². The van der Waals surface area contributed by atoms with E-state index in [0.717, 1.165) is 22.4 Å². The molecule has 1 atom stereocenters. The molecule has 0 spiro atoms. The number of para-hydroxylation sites is 2. The third-order valence-corrected chi connectivity index (χ3v) is 3.72. The minimum absolute atomic E-state index is 0.410. The highest BCUT2D eigenvalue weighted by molar-refractivity contribution is 5.81. The van der Waals surface area contributed by atoms with Crippen molar-refractivity contribution in [3.8, 4) is 11.4 Å². The Kier molecular flexibility index (Phi) is 3.52. The van der Waals surface area contributed by atoms with Crippen molar-refractivity contribution in [2.75, 3.05) is 0 Å². The number of hydrogen-bond donors (Lipinski definition) is 1. The summed E-state index contributed by atoms with van der Waals surface area (Å²) in [4.78, 5) is 4.78. The van der Waals surface area contributed by atoms with Crippen LogP contribution in [0.1, 0.15) is 18.1 Å². The van der Waals surface area contributed by atoms with Crippen molar-refractivity contribution >= 4 is 11.0 Å². The second-order valence-electron chi connectivity index (χ2n) is 5.70. The predicted molar refractivity (Wildman–Crippen MR) is 86.3 cm³/mol. The minimum Gasteiger partial charge on any atom is -0.392 e. The number of aliphatic hydroxyl groups excluding tert-OH is 1. The third kappa shape index (κ3) is 2.57. The highest BCUT2D eigenvalue weighted by atomic mass is 16.3. The van der Waals surface area contributed by atoms with Crippen LogP contribution in [0.25, 0.3) is 22.4 Å². The zero-order valence-corrected chi connectivity index (χ0v) is 12.7. The molecule has 3 heteroatoms. The molecule has 21 heavy (non-hydrogen) atoms. The molecule has 0 saturated carbocycles. The number of aryl methyl sites for hydroxylation is 2. The van der Waals surface area contributed by atoms with Crippen LogP contribution >= 0.6 is 0 Å². The topological polar surface area (TPSA) is 38.0 Å². The van der Waals surface area contributed by atoms with E-state index in [1.807, 2.05) is 18.2 Å². The van der Waals surface area contributed by atoms with E-state index in [2.05, 4.69) is 42.7 Å². The number of hydrogen-bond acceptors (Lipinski definition) is 2. The van der Waals surface area contributed by atoms with Crippen LogP contribution in [0.2, 0.25) is 0 Å². The van der Waals surface area contributed by atoms with Crippen molar-refractivity contribution < 1.29 is 5.11 Å². The zero-order valence-electron chi connectivity index (χ0n) is 12.7. The molecule has 3 aromatic rings. The number of benzene rings is 2. The van der Waals surface area contributed by atoms with Gasteiger partial charge in [0.2, 0.25) is 0 Å². The van der Waals surface area contributed by atoms with Crippen LogP contribution in [-0.2, 0) is 6.54 Å². The molecule has 0 amide bonds. The lowest BCUT2D eigenvalue weighted by atomic mass is 10.1. The van der Waals surface area contributed by atoms with E-state index in [0.29, 0.717) is 6.54 Å². The quantitative estimate of drug-likeness (QED) is 0.794. The van der Waals surface area contributed by atoms with E-state index in [4.69, 9.17) is 4.98 Å². The van der Waals surface area contributed by atoms with Gasteiger partial charge in [0.25, 0.3) is 0 Å². The molecule has 1 aromatic heterocycles. The first-order valence-corrected chi connectivity index (χ1v) is 7.27. The normalized spacial score (nSPS) is 12.8. The van der Waals surface area contributed by atoms with E-state index in [9.17, 15) is 5.11 Å². The monoisotopic (exact) mass is 280 g/mol. The molecule has 0 radical (unpaired) electrons. The first kappa shape index (κ1) is 13.8. The van der Waals surface area contributed by atoms with Crippen LogP contribution in [0.3, 0.4) is 0 Å². The van der Waals surface area contributed by atoms with Crippen LogP contribution < -0.4 is 0 Å². The van der Waals surface area contributed by atoms with Crippen LogP contribution in [0, 0.1) is 13.8 Å². The van der Waals surface area contributed by atoms with Gasteiger partial charge in [0.05, 0.1) is 23.7 Å². The number of imidazole rings is 1. The Bertz CT molecular complexity index is 787. The van der Waals surface area contributed by atoms with E-state index in [-0.39, 0.29) is 0 Å². The van der Waals surface area contributed by atoms with Gasteiger partial charge < -0.3 is 9.67 Å². The van der Waals surface area contributed by atoms with Crippen molar-refractivity contribution in [1.82, 2.24) is 9.55 Å². The van der Waals surface area contributed by atoms with E-state index >= 15 is 0 Å². The molecule has 0 aliphatic rings. The van der Waals surface area contributed by atoms with Crippen molar-refractivity contribution in [2.45, 2.75) is 33.4 Å². The number of rotatable bonds is 3. The Hall–Kier alpha value is -2.13. The SMILES string of the molecule is Cc1ccc(-c2nc3ccccc3n2CC(C)O)c(C)c1. The molecular weight excluding hydrogens is 260 g/mol. The Balaban J connectivity index is 2.25. The predicted octanol–water partition coefficient (Wildman–Crippen LogP) is 3.70. The summed E-state index contributed by atoms with van der Waals surface area (Å²) in [5, 5.41) is 9.82. The smallest absolute Gasteiger partial charge is 0.141 e. The Labute approximate surface area is 124 Å². The summed E-state index contributed by atoms with van der Waals surface area (Å²) in [6.07, 6.45) is -0.410. The van der Waals surface area contributed by atoms with Crippen LogP contribution in [0.4, 0.5) is 0 Å². The van der Waals surface area contributed by atoms with Crippen molar-refractivity contribution in [2.24, 2.45) is 0 Å². The van der Waals surface area contributed by atoms with Crippen molar-refractivity contribution in [3.63, 3.8) is 0 Å². The highest BCUT2D eigenvalue weighted by Gasteiger charge is 2.15. The van der Waals surface area contributed by atoms with Crippen molar-refractivity contribution in [1.29, 1.82) is 0 Å². The van der Waals surface area contributed by atoms with Gasteiger partial charge in [-0.3, -0.25) is 0 Å². The van der Waals surface area contributed by atoms with Gasteiger partial charge in [-0.05, 0) is 38.5 Å². The Morgan fingerprint density at radius 2 is 1.90 bits per heavy atom. The summed E-state index contributed by atoms with van der Waals surface area (Å²) < 4.78 is 2.11. The van der Waals surface area contributed by atoms with Gasteiger partial charge in [0.1, 0.15) is 5.82 Å². The lowest BCUT2D eigenvalue weighted by molar-refractivity contribution is 0.175. The first-order valence-electron chi connectivity index (χ1n) is 7.27. The minimum atomic E-state index is -0.410. The van der Waals surface area contributed by atoms with Crippen molar-refractivity contribution in [3.05, 3.63) is 53.6 Å². The lowest BCUT2D eigenvalue weighted by Gasteiger charge is -2.13. The Morgan fingerprint density at radius 1 is 1.14 bits per heavy atom. The molecule has 0 aliphatic carbocycles. The summed E-state index contributed by atoms with van der Waals surface area (Å²) in [5.74, 6) is 0.926. The maximum absolute atomic E-state index is 9.82. The number of aromatic nitrogens is 2. The summed E-state index contributed by atoms with van der Waals surface area (Å²) in [5.41, 5.74) is 5.60. The van der Waals surface area contributed by atoms with Gasteiger partial charge in [-0.15, -0.1) is 0 Å². The number of aliphatic hydroxyl groups is 1. The van der Waals surface area contributed by atoms with Crippen LogP contribution in [-0.4, -0.2) is 20.8 Å². The summed E-state index contributed by atoms with van der Waals surface area (Å²) in [6.45, 7) is 6.55. The maximum atomic E-state index is 9.82. The molecule has 1 unspecified atom stereocenters. The fourth-order valence-corrected chi connectivity index (χ4v) is 2.79. The molecule has 0 aliphatic heterocycles. The average Bonchev–Trinajstić information content (AvgIpc) is 2.77. The first-order chi connectivity index (χ1) is 10.1. The summed E-state index contributed by atoms with van der Waals surface area (Å²) in [7, 11) is 0. The molecule has 1 N–H and O–H groups in total. The fourth-order valence-electron chi connectivity index (χ4n) is 2.79. The lowest BCUT2D eigenvalue weighted by Crippen LogP contribution is -2.13. The number of nitrogens with zero attached hydrogens (tertiary/aromatic N) is 2. The molecule has 0 saturated heterocycles. The molecule has 3 nitrogen and oxygen atoms in total. The van der Waals surface area contributed by atoms with Gasteiger partial charge in [-0.25, -0.2) is 4.98 Å².